The molecule has 7 nitrogen and oxygen atoms in total. The lowest BCUT2D eigenvalue weighted by Crippen LogP contribution is -2.02. The van der Waals surface area contributed by atoms with Crippen molar-refractivity contribution in [3.05, 3.63) is 47.7 Å². The Morgan fingerprint density at radius 2 is 2.00 bits per heavy atom. The van der Waals surface area contributed by atoms with Gasteiger partial charge >= 0.3 is 0 Å². The Labute approximate surface area is 129 Å². The van der Waals surface area contributed by atoms with Crippen LogP contribution in [0.5, 0.6) is 0 Å². The third-order valence-corrected chi connectivity index (χ3v) is 3.84. The number of anilines is 2. The molecule has 1 aromatic carbocycles. The van der Waals surface area contributed by atoms with Crippen molar-refractivity contribution in [2.24, 2.45) is 0 Å². The third-order valence-electron chi connectivity index (χ3n) is 3.08. The number of nitrogens with one attached hydrogen (secondary N) is 1. The number of aromatic nitrogens is 6. The van der Waals surface area contributed by atoms with Gasteiger partial charge < -0.3 is 5.32 Å². The van der Waals surface area contributed by atoms with Crippen LogP contribution in [0.1, 0.15) is 5.01 Å². The number of benzene rings is 1. The fraction of sp³-hybridized carbons (Fsp3) is 0.0714. The smallest absolute Gasteiger partial charge is 0.254 e. The third kappa shape index (κ3) is 2.29. The van der Waals surface area contributed by atoms with Gasteiger partial charge in [0.05, 0.1) is 5.69 Å². The lowest BCUT2D eigenvalue weighted by molar-refractivity contribution is 0.945. The fourth-order valence-electron chi connectivity index (χ4n) is 2.11. The molecule has 0 atom stereocenters. The maximum atomic E-state index is 4.53. The standard InChI is InChI=1S/C14H11N7S/c1-9-19-20-14(22-9)18-12-7-11(10-5-3-2-4-6-10)17-13-15-8-16-21(12)13/h2-8H,1H3,(H,18,20). The Balaban J connectivity index is 1.84. The van der Waals surface area contributed by atoms with E-state index in [-0.39, 0.29) is 0 Å². The zero-order valence-electron chi connectivity index (χ0n) is 11.6. The molecule has 108 valence electrons. The van der Waals surface area contributed by atoms with E-state index < -0.39 is 0 Å². The van der Waals surface area contributed by atoms with Gasteiger partial charge in [-0.15, -0.1) is 10.2 Å². The maximum Gasteiger partial charge on any atom is 0.254 e. The average molecular weight is 309 g/mol. The number of nitrogens with zero attached hydrogens (tertiary/aromatic N) is 6. The van der Waals surface area contributed by atoms with Crippen molar-refractivity contribution >= 4 is 28.1 Å². The molecule has 0 fully saturated rings. The molecular weight excluding hydrogens is 298 g/mol. The first-order valence-electron chi connectivity index (χ1n) is 6.63. The fourth-order valence-corrected chi connectivity index (χ4v) is 2.71. The van der Waals surface area contributed by atoms with Crippen LogP contribution in [0.15, 0.2) is 42.7 Å². The van der Waals surface area contributed by atoms with Gasteiger partial charge in [0.2, 0.25) is 5.13 Å². The van der Waals surface area contributed by atoms with E-state index in [4.69, 9.17) is 0 Å². The van der Waals surface area contributed by atoms with Crippen molar-refractivity contribution < 1.29 is 0 Å². The molecule has 0 aliphatic heterocycles. The van der Waals surface area contributed by atoms with Gasteiger partial charge in [0.25, 0.3) is 5.78 Å². The molecule has 0 saturated heterocycles. The average Bonchev–Trinajstić information content (AvgIpc) is 3.17. The Kier molecular flexibility index (Phi) is 3.01. The molecule has 0 aliphatic rings. The minimum Gasteiger partial charge on any atom is -0.315 e. The van der Waals surface area contributed by atoms with Gasteiger partial charge in [0, 0.05) is 11.6 Å². The first kappa shape index (κ1) is 12.8. The highest BCUT2D eigenvalue weighted by molar-refractivity contribution is 7.15. The van der Waals surface area contributed by atoms with Gasteiger partial charge in [-0.25, -0.2) is 4.98 Å². The molecule has 0 amide bonds. The summed E-state index contributed by atoms with van der Waals surface area (Å²) in [5, 5.41) is 17.1. The van der Waals surface area contributed by atoms with Gasteiger partial charge in [-0.1, -0.05) is 41.7 Å². The van der Waals surface area contributed by atoms with Crippen molar-refractivity contribution in [1.82, 2.24) is 29.8 Å². The predicted octanol–water partition coefficient (Wildman–Crippen LogP) is 2.69. The second-order valence-corrected chi connectivity index (χ2v) is 5.80. The van der Waals surface area contributed by atoms with Gasteiger partial charge in [-0.2, -0.15) is 14.6 Å². The summed E-state index contributed by atoms with van der Waals surface area (Å²) in [4.78, 5) is 8.71. The van der Waals surface area contributed by atoms with Gasteiger partial charge in [-0.3, -0.25) is 0 Å². The molecule has 0 unspecified atom stereocenters. The Bertz CT molecular complexity index is 929. The molecular formula is C14H11N7S. The molecule has 0 aliphatic carbocycles. The normalized spacial score (nSPS) is 11.0. The van der Waals surface area contributed by atoms with E-state index >= 15 is 0 Å². The highest BCUT2D eigenvalue weighted by Crippen LogP contribution is 2.24. The van der Waals surface area contributed by atoms with Crippen molar-refractivity contribution in [1.29, 1.82) is 0 Å². The molecule has 0 radical (unpaired) electrons. The predicted molar refractivity (Wildman–Crippen MR) is 84.1 cm³/mol. The van der Waals surface area contributed by atoms with Gasteiger partial charge in [0.15, 0.2) is 0 Å². The minimum atomic E-state index is 0.532. The number of aryl methyl sites for hydroxylation is 1. The van der Waals surface area contributed by atoms with E-state index in [2.05, 4.69) is 30.6 Å². The molecule has 0 bridgehead atoms. The summed E-state index contributed by atoms with van der Waals surface area (Å²) < 4.78 is 1.64. The van der Waals surface area contributed by atoms with Crippen LogP contribution in [0.4, 0.5) is 10.9 Å². The van der Waals surface area contributed by atoms with Gasteiger partial charge in [-0.05, 0) is 6.92 Å². The molecule has 22 heavy (non-hydrogen) atoms. The van der Waals surface area contributed by atoms with Crippen LogP contribution in [0, 0.1) is 6.92 Å². The Morgan fingerprint density at radius 1 is 1.14 bits per heavy atom. The molecule has 4 rings (SSSR count). The summed E-state index contributed by atoms with van der Waals surface area (Å²) in [5.41, 5.74) is 1.84. The van der Waals surface area contributed by atoms with Crippen molar-refractivity contribution in [2.75, 3.05) is 5.32 Å². The zero-order valence-corrected chi connectivity index (χ0v) is 12.4. The number of hydrogen-bond acceptors (Lipinski definition) is 7. The monoisotopic (exact) mass is 309 g/mol. The molecule has 0 saturated carbocycles. The molecule has 4 aromatic rings. The number of fused-ring (bicyclic) bond motifs is 1. The lowest BCUT2D eigenvalue weighted by Gasteiger charge is -2.07. The SMILES string of the molecule is Cc1nnc(Nc2cc(-c3ccccc3)nc3ncnn23)s1. The summed E-state index contributed by atoms with van der Waals surface area (Å²) in [6.07, 6.45) is 1.48. The summed E-state index contributed by atoms with van der Waals surface area (Å²) in [6.45, 7) is 1.91. The number of rotatable bonds is 3. The summed E-state index contributed by atoms with van der Waals surface area (Å²) in [6, 6.07) is 11.9. The van der Waals surface area contributed by atoms with Crippen LogP contribution in [0.2, 0.25) is 0 Å². The van der Waals surface area contributed by atoms with E-state index in [1.807, 2.05) is 43.3 Å². The topological polar surface area (TPSA) is 80.9 Å². The largest absolute Gasteiger partial charge is 0.315 e. The van der Waals surface area contributed by atoms with E-state index in [9.17, 15) is 0 Å². The minimum absolute atomic E-state index is 0.532. The molecule has 8 heteroatoms. The summed E-state index contributed by atoms with van der Waals surface area (Å²) in [5.74, 6) is 1.28. The zero-order chi connectivity index (χ0) is 14.9. The van der Waals surface area contributed by atoms with E-state index in [1.165, 1.54) is 17.7 Å². The van der Waals surface area contributed by atoms with Crippen LogP contribution < -0.4 is 5.32 Å². The maximum absolute atomic E-state index is 4.53. The summed E-state index contributed by atoms with van der Waals surface area (Å²) >= 11 is 1.48. The second-order valence-electron chi connectivity index (χ2n) is 4.62. The summed E-state index contributed by atoms with van der Waals surface area (Å²) in [7, 11) is 0. The van der Waals surface area contributed by atoms with Crippen molar-refractivity contribution in [2.45, 2.75) is 6.92 Å². The van der Waals surface area contributed by atoms with E-state index in [1.54, 1.807) is 4.52 Å². The quantitative estimate of drug-likeness (QED) is 0.626. The van der Waals surface area contributed by atoms with Crippen LogP contribution in [0.25, 0.3) is 17.0 Å². The number of hydrogen-bond donors (Lipinski definition) is 1. The first-order valence-corrected chi connectivity index (χ1v) is 7.44. The van der Waals surface area contributed by atoms with Crippen LogP contribution in [0.3, 0.4) is 0 Å². The van der Waals surface area contributed by atoms with Crippen molar-refractivity contribution in [3.8, 4) is 11.3 Å². The molecule has 3 heterocycles. The molecule has 3 aromatic heterocycles. The highest BCUT2D eigenvalue weighted by Gasteiger charge is 2.11. The molecule has 0 spiro atoms. The lowest BCUT2D eigenvalue weighted by atomic mass is 10.1. The Morgan fingerprint density at radius 3 is 2.77 bits per heavy atom. The highest BCUT2D eigenvalue weighted by atomic mass is 32.1. The Hall–Kier alpha value is -2.87. The van der Waals surface area contributed by atoms with Crippen LogP contribution >= 0.6 is 11.3 Å². The molecule has 1 N–H and O–H groups in total. The van der Waals surface area contributed by atoms with Crippen LogP contribution in [-0.2, 0) is 0 Å². The first-order chi connectivity index (χ1) is 10.8. The second kappa shape index (κ2) is 5.15. The van der Waals surface area contributed by atoms with Gasteiger partial charge in [0.1, 0.15) is 17.2 Å². The van der Waals surface area contributed by atoms with Crippen LogP contribution in [-0.4, -0.2) is 29.8 Å². The van der Waals surface area contributed by atoms with E-state index in [0.717, 1.165) is 22.1 Å². The van der Waals surface area contributed by atoms with E-state index in [0.29, 0.717) is 10.9 Å². The van der Waals surface area contributed by atoms with Crippen molar-refractivity contribution in [3.63, 3.8) is 0 Å².